The molecule has 0 saturated heterocycles. The minimum Gasteiger partial charge on any atom is -0.504 e. The van der Waals surface area contributed by atoms with Crippen LogP contribution in [0.1, 0.15) is 31.9 Å². The zero-order valence-electron chi connectivity index (χ0n) is 18.3. The summed E-state index contributed by atoms with van der Waals surface area (Å²) in [5, 5.41) is 26.0. The number of aromatic nitrogens is 3. The Morgan fingerprint density at radius 1 is 0.969 bits per heavy atom. The number of rotatable bonds is 3. The molecule has 164 valence electrons. The van der Waals surface area contributed by atoms with Gasteiger partial charge in [-0.2, -0.15) is 0 Å². The second-order valence-electron chi connectivity index (χ2n) is 8.71. The van der Waals surface area contributed by atoms with Crippen molar-refractivity contribution >= 4 is 40.0 Å². The summed E-state index contributed by atoms with van der Waals surface area (Å²) >= 11 is 6.07. The molecule has 32 heavy (non-hydrogen) atoms. The number of hydrogen-bond acceptors (Lipinski definition) is 4. The van der Waals surface area contributed by atoms with Crippen molar-refractivity contribution in [2.24, 2.45) is 0 Å². The summed E-state index contributed by atoms with van der Waals surface area (Å²) in [5.41, 5.74) is 4.25. The molecule has 0 atom stereocenters. The number of urea groups is 1. The Hall–Kier alpha value is -3.58. The molecule has 2 amide bonds. The average molecular weight is 450 g/mol. The van der Waals surface area contributed by atoms with E-state index >= 15 is 0 Å². The van der Waals surface area contributed by atoms with Gasteiger partial charge in [-0.1, -0.05) is 50.1 Å². The first-order valence-corrected chi connectivity index (χ1v) is 10.5. The van der Waals surface area contributed by atoms with Gasteiger partial charge in [0.1, 0.15) is 16.7 Å². The van der Waals surface area contributed by atoms with Gasteiger partial charge in [-0.25, -0.2) is 4.79 Å². The van der Waals surface area contributed by atoms with Gasteiger partial charge >= 0.3 is 6.03 Å². The molecule has 7 nitrogen and oxygen atoms in total. The van der Waals surface area contributed by atoms with Crippen molar-refractivity contribution in [3.05, 3.63) is 70.7 Å². The predicted molar refractivity (Wildman–Crippen MR) is 128 cm³/mol. The Balaban J connectivity index is 1.73. The molecule has 0 unspecified atom stereocenters. The fourth-order valence-corrected chi connectivity index (χ4v) is 3.38. The quantitative estimate of drug-likeness (QED) is 0.333. The minimum absolute atomic E-state index is 0.136. The third-order valence-electron chi connectivity index (χ3n) is 5.07. The third-order valence-corrected chi connectivity index (χ3v) is 5.31. The molecule has 8 heteroatoms. The number of phenols is 1. The first-order valence-electron chi connectivity index (χ1n) is 10.2. The number of aromatic hydroxyl groups is 1. The number of nitrogens with one attached hydrogen (secondary N) is 2. The maximum absolute atomic E-state index is 12.6. The van der Waals surface area contributed by atoms with Gasteiger partial charge in [0, 0.05) is 10.7 Å². The minimum atomic E-state index is -0.466. The molecule has 0 aliphatic rings. The molecule has 3 N–H and O–H groups in total. The third kappa shape index (κ3) is 4.53. The van der Waals surface area contributed by atoms with Crippen molar-refractivity contribution < 1.29 is 9.90 Å². The molecule has 0 bridgehead atoms. The average Bonchev–Trinajstić information content (AvgIpc) is 3.13. The normalized spacial score (nSPS) is 11.5. The number of phenolic OH excluding ortho intramolecular Hbond substituents is 1. The summed E-state index contributed by atoms with van der Waals surface area (Å²) in [6, 6.07) is 15.8. The van der Waals surface area contributed by atoms with Gasteiger partial charge in [0.15, 0.2) is 5.75 Å². The summed E-state index contributed by atoms with van der Waals surface area (Å²) in [7, 11) is 0. The fourth-order valence-electron chi connectivity index (χ4n) is 3.22. The molecule has 0 radical (unpaired) electrons. The van der Waals surface area contributed by atoms with Gasteiger partial charge in [0.25, 0.3) is 0 Å². The van der Waals surface area contributed by atoms with Crippen LogP contribution >= 0.6 is 11.6 Å². The molecule has 0 saturated carbocycles. The Bertz CT molecular complexity index is 1310. The molecule has 0 aliphatic heterocycles. The van der Waals surface area contributed by atoms with E-state index in [1.807, 2.05) is 58.0 Å². The molecule has 0 spiro atoms. The van der Waals surface area contributed by atoms with Crippen molar-refractivity contribution in [2.75, 3.05) is 10.6 Å². The SMILES string of the molecule is Cc1ccc(NC(=O)Nc2cc(C(C)(C)C)cc(-n3nc4ccc(Cl)cc4n3)c2O)cc1. The van der Waals surface area contributed by atoms with Crippen molar-refractivity contribution in [2.45, 2.75) is 33.1 Å². The number of anilines is 2. The summed E-state index contributed by atoms with van der Waals surface area (Å²) in [6.07, 6.45) is 0. The van der Waals surface area contributed by atoms with E-state index in [1.165, 1.54) is 4.80 Å². The van der Waals surface area contributed by atoms with E-state index in [1.54, 1.807) is 24.3 Å². The lowest BCUT2D eigenvalue weighted by Gasteiger charge is -2.22. The van der Waals surface area contributed by atoms with Gasteiger partial charge in [0.05, 0.1) is 5.69 Å². The zero-order valence-corrected chi connectivity index (χ0v) is 19.0. The van der Waals surface area contributed by atoms with Gasteiger partial charge in [-0.05, 0) is 60.4 Å². The highest BCUT2D eigenvalue weighted by Crippen LogP contribution is 2.36. The number of amides is 2. The van der Waals surface area contributed by atoms with Crippen LogP contribution < -0.4 is 10.6 Å². The van der Waals surface area contributed by atoms with Crippen molar-refractivity contribution in [3.63, 3.8) is 0 Å². The van der Waals surface area contributed by atoms with Crippen LogP contribution in [0, 0.1) is 6.92 Å². The smallest absolute Gasteiger partial charge is 0.323 e. The predicted octanol–water partition coefficient (Wildman–Crippen LogP) is 6.03. The lowest BCUT2D eigenvalue weighted by atomic mass is 9.86. The molecule has 0 fully saturated rings. The van der Waals surface area contributed by atoms with Crippen LogP contribution in [0.3, 0.4) is 0 Å². The van der Waals surface area contributed by atoms with E-state index in [0.717, 1.165) is 11.1 Å². The number of benzene rings is 3. The van der Waals surface area contributed by atoms with E-state index in [9.17, 15) is 9.90 Å². The number of nitrogens with zero attached hydrogens (tertiary/aromatic N) is 3. The topological polar surface area (TPSA) is 92.1 Å². The fraction of sp³-hybridized carbons (Fsp3) is 0.208. The lowest BCUT2D eigenvalue weighted by molar-refractivity contribution is 0.262. The van der Waals surface area contributed by atoms with E-state index in [-0.39, 0.29) is 16.9 Å². The number of halogens is 1. The molecule has 4 rings (SSSR count). The van der Waals surface area contributed by atoms with Crippen LogP contribution in [0.4, 0.5) is 16.2 Å². The first kappa shape index (κ1) is 21.6. The van der Waals surface area contributed by atoms with Gasteiger partial charge in [-0.15, -0.1) is 15.0 Å². The molecule has 0 aliphatic carbocycles. The van der Waals surface area contributed by atoms with E-state index < -0.39 is 6.03 Å². The van der Waals surface area contributed by atoms with Crippen molar-refractivity contribution in [1.82, 2.24) is 15.0 Å². The van der Waals surface area contributed by atoms with Gasteiger partial charge in [0.2, 0.25) is 0 Å². The molecular weight excluding hydrogens is 426 g/mol. The molecule has 4 aromatic rings. The number of aryl methyl sites for hydroxylation is 1. The maximum Gasteiger partial charge on any atom is 0.323 e. The second-order valence-corrected chi connectivity index (χ2v) is 9.15. The summed E-state index contributed by atoms with van der Waals surface area (Å²) < 4.78 is 0. The van der Waals surface area contributed by atoms with E-state index in [2.05, 4.69) is 20.8 Å². The Morgan fingerprint density at radius 2 is 1.66 bits per heavy atom. The monoisotopic (exact) mass is 449 g/mol. The van der Waals surface area contributed by atoms with Crippen molar-refractivity contribution in [1.29, 1.82) is 0 Å². The highest BCUT2D eigenvalue weighted by Gasteiger charge is 2.22. The molecule has 1 heterocycles. The number of carbonyl (C=O) groups excluding carboxylic acids is 1. The lowest BCUT2D eigenvalue weighted by Crippen LogP contribution is -2.21. The molecule has 1 aromatic heterocycles. The van der Waals surface area contributed by atoms with Crippen LogP contribution in [0.25, 0.3) is 16.7 Å². The summed E-state index contributed by atoms with van der Waals surface area (Å²) in [6.45, 7) is 8.12. The Kier molecular flexibility index (Phi) is 5.52. The van der Waals surface area contributed by atoms with Gasteiger partial charge in [-0.3, -0.25) is 0 Å². The van der Waals surface area contributed by atoms with Crippen LogP contribution in [0.15, 0.2) is 54.6 Å². The van der Waals surface area contributed by atoms with Gasteiger partial charge < -0.3 is 15.7 Å². The maximum atomic E-state index is 12.6. The summed E-state index contributed by atoms with van der Waals surface area (Å²) in [4.78, 5) is 14.0. The number of hydrogen-bond donors (Lipinski definition) is 3. The highest BCUT2D eigenvalue weighted by molar-refractivity contribution is 6.31. The standard InChI is InChI=1S/C24H24ClN5O2/c1-14-5-8-17(9-6-14)26-23(32)27-20-11-15(24(2,3)4)12-21(22(20)31)30-28-18-10-7-16(25)13-19(18)29-30/h5-13,31H,1-4H3,(H2,26,27,32). The summed E-state index contributed by atoms with van der Waals surface area (Å²) in [5.74, 6) is -0.136. The number of carbonyl (C=O) groups is 1. The van der Waals surface area contributed by atoms with Crippen LogP contribution in [-0.2, 0) is 5.41 Å². The number of fused-ring (bicyclic) bond motifs is 1. The zero-order chi connectivity index (χ0) is 23.0. The van der Waals surface area contributed by atoms with E-state index in [0.29, 0.717) is 27.4 Å². The van der Waals surface area contributed by atoms with Crippen molar-refractivity contribution in [3.8, 4) is 11.4 Å². The van der Waals surface area contributed by atoms with Crippen LogP contribution in [0.2, 0.25) is 5.02 Å². The first-order chi connectivity index (χ1) is 15.1. The highest BCUT2D eigenvalue weighted by atomic mass is 35.5. The van der Waals surface area contributed by atoms with Crippen LogP contribution in [0.5, 0.6) is 5.75 Å². The Morgan fingerprint density at radius 3 is 2.34 bits per heavy atom. The van der Waals surface area contributed by atoms with E-state index in [4.69, 9.17) is 11.6 Å². The van der Waals surface area contributed by atoms with Crippen LogP contribution in [-0.4, -0.2) is 26.1 Å². The molecular formula is C24H24ClN5O2. The Labute approximate surface area is 191 Å². The largest absolute Gasteiger partial charge is 0.504 e. The molecule has 3 aromatic carbocycles. The second kappa shape index (κ2) is 8.16.